The molecule has 2 rings (SSSR count). The van der Waals surface area contributed by atoms with Crippen molar-refractivity contribution >= 4 is 21.7 Å². The summed E-state index contributed by atoms with van der Waals surface area (Å²) in [7, 11) is 1.63. The standard InChI is InChI=1S/C16H23BrO2/c1-10(2)12-8-16(3)11(9-17)6-5-7-13(16)14(18)15(12)19-4/h7,11-12,15H,1,5-6,8-9H2,2-4H3. The van der Waals surface area contributed by atoms with E-state index in [4.69, 9.17) is 4.74 Å². The molecular formula is C16H23BrO2. The van der Waals surface area contributed by atoms with Gasteiger partial charge in [0.1, 0.15) is 6.10 Å². The number of methoxy groups -OCH3 is 1. The van der Waals surface area contributed by atoms with E-state index in [-0.39, 0.29) is 23.2 Å². The van der Waals surface area contributed by atoms with Crippen LogP contribution in [0.5, 0.6) is 0 Å². The topological polar surface area (TPSA) is 26.3 Å². The van der Waals surface area contributed by atoms with E-state index in [2.05, 4.69) is 35.5 Å². The minimum atomic E-state index is -0.342. The van der Waals surface area contributed by atoms with Crippen LogP contribution in [-0.2, 0) is 9.53 Å². The van der Waals surface area contributed by atoms with E-state index in [0.29, 0.717) is 5.92 Å². The van der Waals surface area contributed by atoms with Gasteiger partial charge >= 0.3 is 0 Å². The van der Waals surface area contributed by atoms with Crippen LogP contribution >= 0.6 is 15.9 Å². The van der Waals surface area contributed by atoms with Crippen LogP contribution in [0.1, 0.15) is 33.1 Å². The minimum absolute atomic E-state index is 0.0303. The smallest absolute Gasteiger partial charge is 0.188 e. The van der Waals surface area contributed by atoms with Crippen molar-refractivity contribution in [3.05, 3.63) is 23.8 Å². The number of hydrogen-bond donors (Lipinski definition) is 0. The van der Waals surface area contributed by atoms with E-state index in [1.165, 1.54) is 0 Å². The van der Waals surface area contributed by atoms with Gasteiger partial charge in [-0.1, -0.05) is 41.1 Å². The Labute approximate surface area is 124 Å². The summed E-state index contributed by atoms with van der Waals surface area (Å²) in [6, 6.07) is 0. The van der Waals surface area contributed by atoms with Gasteiger partial charge < -0.3 is 4.74 Å². The van der Waals surface area contributed by atoms with Crippen LogP contribution in [0.25, 0.3) is 0 Å². The van der Waals surface area contributed by atoms with Gasteiger partial charge in [-0.2, -0.15) is 0 Å². The van der Waals surface area contributed by atoms with E-state index in [9.17, 15) is 4.79 Å². The summed E-state index contributed by atoms with van der Waals surface area (Å²) >= 11 is 3.63. The van der Waals surface area contributed by atoms with Crippen molar-refractivity contribution in [2.75, 3.05) is 12.4 Å². The van der Waals surface area contributed by atoms with Crippen molar-refractivity contribution < 1.29 is 9.53 Å². The Morgan fingerprint density at radius 3 is 2.84 bits per heavy atom. The average molecular weight is 327 g/mol. The molecule has 0 aliphatic heterocycles. The lowest BCUT2D eigenvalue weighted by Gasteiger charge is -2.49. The fourth-order valence-electron chi connectivity index (χ4n) is 3.71. The van der Waals surface area contributed by atoms with Gasteiger partial charge in [0.2, 0.25) is 0 Å². The number of Topliss-reactive ketones (excluding diaryl/α,β-unsaturated/α-hetero) is 1. The molecule has 4 atom stereocenters. The number of halogens is 1. The van der Waals surface area contributed by atoms with Gasteiger partial charge in [0, 0.05) is 29.3 Å². The normalized spacial score (nSPS) is 38.6. The third-order valence-corrected chi connectivity index (χ3v) is 5.77. The first kappa shape index (κ1) is 15.0. The molecule has 0 N–H and O–H groups in total. The molecule has 0 saturated heterocycles. The Balaban J connectivity index is 2.44. The van der Waals surface area contributed by atoms with E-state index in [1.807, 2.05) is 6.92 Å². The van der Waals surface area contributed by atoms with Gasteiger partial charge in [-0.15, -0.1) is 0 Å². The number of allylic oxidation sites excluding steroid dienone is 1. The lowest BCUT2D eigenvalue weighted by molar-refractivity contribution is -0.133. The number of rotatable bonds is 3. The molecule has 0 heterocycles. The Kier molecular flexibility index (Phi) is 4.36. The quantitative estimate of drug-likeness (QED) is 0.580. The predicted octanol–water partition coefficient (Wildman–Crippen LogP) is 3.90. The molecule has 1 saturated carbocycles. The summed E-state index contributed by atoms with van der Waals surface area (Å²) < 4.78 is 5.48. The maximum Gasteiger partial charge on any atom is 0.188 e. The third-order valence-electron chi connectivity index (χ3n) is 4.99. The van der Waals surface area contributed by atoms with Crippen molar-refractivity contribution in [3.8, 4) is 0 Å². The Hall–Kier alpha value is -0.410. The molecule has 2 nitrogen and oxygen atoms in total. The Bertz CT molecular complexity index is 426. The maximum atomic E-state index is 12.7. The summed E-state index contributed by atoms with van der Waals surface area (Å²) in [6.07, 6.45) is 4.92. The van der Waals surface area contributed by atoms with E-state index >= 15 is 0 Å². The first-order valence-corrected chi connectivity index (χ1v) is 8.06. The molecule has 4 unspecified atom stereocenters. The van der Waals surface area contributed by atoms with Crippen LogP contribution < -0.4 is 0 Å². The van der Waals surface area contributed by atoms with E-state index < -0.39 is 0 Å². The number of carbonyl (C=O) groups excluding carboxylic acids is 1. The van der Waals surface area contributed by atoms with Gasteiger partial charge in [0.15, 0.2) is 5.78 Å². The molecular weight excluding hydrogens is 304 g/mol. The molecule has 3 heteroatoms. The van der Waals surface area contributed by atoms with Crippen LogP contribution in [0.2, 0.25) is 0 Å². The molecule has 106 valence electrons. The zero-order valence-corrected chi connectivity index (χ0v) is 13.6. The SMILES string of the molecule is C=C(C)C1CC2(C)C(=CCCC2CBr)C(=O)C1OC. The summed E-state index contributed by atoms with van der Waals surface area (Å²) in [5, 5.41) is 0.953. The molecule has 0 bridgehead atoms. The van der Waals surface area contributed by atoms with Gasteiger partial charge in [0.25, 0.3) is 0 Å². The highest BCUT2D eigenvalue weighted by Crippen LogP contribution is 2.53. The lowest BCUT2D eigenvalue weighted by atomic mass is 9.56. The monoisotopic (exact) mass is 326 g/mol. The fraction of sp³-hybridized carbons (Fsp3) is 0.688. The molecule has 0 aromatic rings. The fourth-order valence-corrected chi connectivity index (χ4v) is 4.75. The summed E-state index contributed by atoms with van der Waals surface area (Å²) in [4.78, 5) is 12.7. The van der Waals surface area contributed by atoms with Crippen LogP contribution in [0.4, 0.5) is 0 Å². The lowest BCUT2D eigenvalue weighted by Crippen LogP contribution is -2.50. The number of ether oxygens (including phenoxy) is 1. The molecule has 2 aliphatic rings. The number of fused-ring (bicyclic) bond motifs is 1. The first-order valence-electron chi connectivity index (χ1n) is 6.94. The molecule has 0 aromatic heterocycles. The van der Waals surface area contributed by atoms with Crippen molar-refractivity contribution in [1.29, 1.82) is 0 Å². The van der Waals surface area contributed by atoms with Crippen LogP contribution in [-0.4, -0.2) is 24.3 Å². The summed E-state index contributed by atoms with van der Waals surface area (Å²) in [5.41, 5.74) is 2.02. The number of ketones is 1. The number of hydrogen-bond acceptors (Lipinski definition) is 2. The van der Waals surface area contributed by atoms with Crippen LogP contribution in [0.15, 0.2) is 23.8 Å². The second-order valence-electron chi connectivity index (χ2n) is 6.14. The highest BCUT2D eigenvalue weighted by Gasteiger charge is 2.51. The summed E-state index contributed by atoms with van der Waals surface area (Å²) in [6.45, 7) is 8.32. The van der Waals surface area contributed by atoms with Gasteiger partial charge in [0.05, 0.1) is 0 Å². The zero-order valence-electron chi connectivity index (χ0n) is 12.0. The molecule has 19 heavy (non-hydrogen) atoms. The van der Waals surface area contributed by atoms with Crippen molar-refractivity contribution in [3.63, 3.8) is 0 Å². The van der Waals surface area contributed by atoms with Crippen LogP contribution in [0.3, 0.4) is 0 Å². The molecule has 2 aliphatic carbocycles. The van der Waals surface area contributed by atoms with Gasteiger partial charge in [-0.3, -0.25) is 4.79 Å². The van der Waals surface area contributed by atoms with Crippen molar-refractivity contribution in [2.45, 2.75) is 39.2 Å². The largest absolute Gasteiger partial charge is 0.373 e. The second-order valence-corrected chi connectivity index (χ2v) is 6.79. The van der Waals surface area contributed by atoms with E-state index in [1.54, 1.807) is 7.11 Å². The average Bonchev–Trinajstić information content (AvgIpc) is 2.37. The highest BCUT2D eigenvalue weighted by molar-refractivity contribution is 9.09. The molecule has 0 amide bonds. The van der Waals surface area contributed by atoms with Crippen molar-refractivity contribution in [2.24, 2.45) is 17.3 Å². The molecule has 0 aromatic carbocycles. The predicted molar refractivity (Wildman–Crippen MR) is 81.4 cm³/mol. The molecule has 0 radical (unpaired) electrons. The number of alkyl halides is 1. The van der Waals surface area contributed by atoms with E-state index in [0.717, 1.165) is 35.7 Å². The Morgan fingerprint density at radius 2 is 2.32 bits per heavy atom. The van der Waals surface area contributed by atoms with Crippen LogP contribution in [0, 0.1) is 17.3 Å². The van der Waals surface area contributed by atoms with Gasteiger partial charge in [-0.05, 0) is 32.1 Å². The number of carbonyl (C=O) groups is 1. The third kappa shape index (κ3) is 2.36. The Morgan fingerprint density at radius 1 is 1.63 bits per heavy atom. The van der Waals surface area contributed by atoms with Gasteiger partial charge in [-0.25, -0.2) is 0 Å². The zero-order chi connectivity index (χ0) is 14.2. The minimum Gasteiger partial charge on any atom is -0.373 e. The highest BCUT2D eigenvalue weighted by atomic mass is 79.9. The molecule has 1 fully saturated rings. The molecule has 0 spiro atoms. The first-order chi connectivity index (χ1) is 8.95. The van der Waals surface area contributed by atoms with Crippen molar-refractivity contribution in [1.82, 2.24) is 0 Å². The summed E-state index contributed by atoms with van der Waals surface area (Å²) in [5.74, 6) is 0.838. The second kappa shape index (κ2) is 5.53. The maximum absolute atomic E-state index is 12.7.